The van der Waals surface area contributed by atoms with Crippen LogP contribution in [0.1, 0.15) is 23.7 Å². The van der Waals surface area contributed by atoms with Crippen molar-refractivity contribution in [2.45, 2.75) is 13.3 Å². The second kappa shape index (κ2) is 7.93. The van der Waals surface area contributed by atoms with Crippen molar-refractivity contribution in [3.05, 3.63) is 29.3 Å². The first-order valence-electron chi connectivity index (χ1n) is 7.00. The molecule has 0 heterocycles. The van der Waals surface area contributed by atoms with Gasteiger partial charge in [-0.25, -0.2) is 8.78 Å². The average molecular weight is 299 g/mol. The molecule has 0 saturated heterocycles. The van der Waals surface area contributed by atoms with E-state index >= 15 is 0 Å². The van der Waals surface area contributed by atoms with Gasteiger partial charge in [0.25, 0.3) is 5.91 Å². The number of benzene rings is 1. The van der Waals surface area contributed by atoms with E-state index in [0.717, 1.165) is 18.6 Å². The van der Waals surface area contributed by atoms with Crippen LogP contribution >= 0.6 is 0 Å². The maximum Gasteiger partial charge on any atom is 0.253 e. The molecule has 0 fully saturated rings. The number of carbonyl (C=O) groups excluding carboxylic acids is 1. The van der Waals surface area contributed by atoms with Crippen LogP contribution in [0, 0.1) is 11.6 Å². The van der Waals surface area contributed by atoms with Crippen LogP contribution in [0.15, 0.2) is 12.1 Å². The number of likely N-dealkylation sites (N-methyl/N-ethyl adjacent to an activating group) is 2. The Morgan fingerprint density at radius 3 is 2.19 bits per heavy atom. The van der Waals surface area contributed by atoms with Gasteiger partial charge >= 0.3 is 0 Å². The lowest BCUT2D eigenvalue weighted by atomic mass is 10.1. The Balaban J connectivity index is 2.86. The lowest BCUT2D eigenvalue weighted by molar-refractivity contribution is 0.0785. The number of carbonyl (C=O) groups is 1. The molecule has 1 N–H and O–H groups in total. The molecule has 6 heteroatoms. The van der Waals surface area contributed by atoms with E-state index in [-0.39, 0.29) is 11.3 Å². The van der Waals surface area contributed by atoms with Gasteiger partial charge in [-0.05, 0) is 32.6 Å². The van der Waals surface area contributed by atoms with Gasteiger partial charge in [0.15, 0.2) is 0 Å². The number of hydrogen-bond acceptors (Lipinski definition) is 3. The summed E-state index contributed by atoms with van der Waals surface area (Å²) in [6.45, 7) is 3.55. The topological polar surface area (TPSA) is 35.6 Å². The Labute approximate surface area is 124 Å². The predicted octanol–water partition coefficient (Wildman–Crippen LogP) is 2.42. The number of nitrogens with zero attached hydrogens (tertiary/aromatic N) is 2. The zero-order valence-corrected chi connectivity index (χ0v) is 13.0. The standard InChI is InChI=1S/C15H23F2N3O/c1-5-6-18-14-12(16)9-11(10-13(14)17)15(21)20(4)8-7-19(2)3/h9-10,18H,5-8H2,1-4H3. The van der Waals surface area contributed by atoms with Crippen LogP contribution < -0.4 is 5.32 Å². The van der Waals surface area contributed by atoms with E-state index in [1.807, 2.05) is 25.9 Å². The molecule has 0 bridgehead atoms. The lowest BCUT2D eigenvalue weighted by Gasteiger charge is -2.20. The molecular weight excluding hydrogens is 276 g/mol. The highest BCUT2D eigenvalue weighted by molar-refractivity contribution is 5.94. The normalized spacial score (nSPS) is 10.8. The Morgan fingerprint density at radius 2 is 1.71 bits per heavy atom. The molecule has 0 radical (unpaired) electrons. The van der Waals surface area contributed by atoms with Crippen LogP contribution in [0.25, 0.3) is 0 Å². The number of nitrogens with one attached hydrogen (secondary N) is 1. The Hall–Kier alpha value is -1.69. The molecule has 118 valence electrons. The highest BCUT2D eigenvalue weighted by Crippen LogP contribution is 2.21. The summed E-state index contributed by atoms with van der Waals surface area (Å²) in [5, 5.41) is 2.68. The third-order valence-electron chi connectivity index (χ3n) is 3.07. The first kappa shape index (κ1) is 17.4. The summed E-state index contributed by atoms with van der Waals surface area (Å²) in [6.07, 6.45) is 0.757. The third-order valence-corrected chi connectivity index (χ3v) is 3.07. The summed E-state index contributed by atoms with van der Waals surface area (Å²) in [5.74, 6) is -1.88. The number of halogens is 2. The van der Waals surface area contributed by atoms with Crippen molar-refractivity contribution in [3.8, 4) is 0 Å². The summed E-state index contributed by atoms with van der Waals surface area (Å²) in [5.41, 5.74) is -0.155. The van der Waals surface area contributed by atoms with Gasteiger partial charge in [0.2, 0.25) is 0 Å². The van der Waals surface area contributed by atoms with Crippen LogP contribution in [0.5, 0.6) is 0 Å². The number of rotatable bonds is 7. The smallest absolute Gasteiger partial charge is 0.253 e. The van der Waals surface area contributed by atoms with Gasteiger partial charge in [-0.15, -0.1) is 0 Å². The Bertz CT molecular complexity index is 469. The molecule has 0 spiro atoms. The Kier molecular flexibility index (Phi) is 6.55. The van der Waals surface area contributed by atoms with Crippen molar-refractivity contribution in [1.29, 1.82) is 0 Å². The van der Waals surface area contributed by atoms with Gasteiger partial charge in [-0.3, -0.25) is 4.79 Å². The summed E-state index contributed by atoms with van der Waals surface area (Å²) < 4.78 is 27.8. The maximum atomic E-state index is 13.9. The molecule has 1 amide bonds. The second-order valence-corrected chi connectivity index (χ2v) is 5.27. The van der Waals surface area contributed by atoms with Crippen LogP contribution in [-0.2, 0) is 0 Å². The van der Waals surface area contributed by atoms with E-state index in [0.29, 0.717) is 19.6 Å². The molecule has 0 aliphatic heterocycles. The van der Waals surface area contributed by atoms with Gasteiger partial charge in [0.1, 0.15) is 17.3 Å². The summed E-state index contributed by atoms with van der Waals surface area (Å²) in [7, 11) is 5.41. The van der Waals surface area contributed by atoms with E-state index < -0.39 is 17.5 Å². The molecule has 0 aromatic heterocycles. The maximum absolute atomic E-state index is 13.9. The quantitative estimate of drug-likeness (QED) is 0.840. The molecule has 0 unspecified atom stereocenters. The first-order valence-corrected chi connectivity index (χ1v) is 7.00. The summed E-state index contributed by atoms with van der Waals surface area (Å²) in [4.78, 5) is 15.5. The van der Waals surface area contributed by atoms with Crippen LogP contribution in [0.4, 0.5) is 14.5 Å². The summed E-state index contributed by atoms with van der Waals surface area (Å²) in [6, 6.07) is 2.16. The second-order valence-electron chi connectivity index (χ2n) is 5.27. The zero-order valence-electron chi connectivity index (χ0n) is 13.0. The van der Waals surface area contributed by atoms with Crippen LogP contribution in [0.3, 0.4) is 0 Å². The molecule has 4 nitrogen and oxygen atoms in total. The largest absolute Gasteiger partial charge is 0.380 e. The molecule has 1 rings (SSSR count). The zero-order chi connectivity index (χ0) is 16.0. The fraction of sp³-hybridized carbons (Fsp3) is 0.533. The van der Waals surface area contributed by atoms with E-state index in [4.69, 9.17) is 0 Å². The minimum absolute atomic E-state index is 0.0216. The molecule has 0 atom stereocenters. The lowest BCUT2D eigenvalue weighted by Crippen LogP contribution is -2.33. The molecular formula is C15H23F2N3O. The molecule has 1 aromatic carbocycles. The number of anilines is 1. The minimum Gasteiger partial charge on any atom is -0.380 e. The SMILES string of the molecule is CCCNc1c(F)cc(C(=O)N(C)CCN(C)C)cc1F. The van der Waals surface area contributed by atoms with Crippen molar-refractivity contribution >= 4 is 11.6 Å². The average Bonchev–Trinajstić information content (AvgIpc) is 2.42. The van der Waals surface area contributed by atoms with Gasteiger partial charge in [-0.1, -0.05) is 6.92 Å². The molecule has 0 aliphatic rings. The van der Waals surface area contributed by atoms with Crippen molar-refractivity contribution in [2.75, 3.05) is 46.1 Å². The monoisotopic (exact) mass is 299 g/mol. The minimum atomic E-state index is -0.743. The highest BCUT2D eigenvalue weighted by Gasteiger charge is 2.17. The van der Waals surface area contributed by atoms with E-state index in [1.165, 1.54) is 4.90 Å². The van der Waals surface area contributed by atoms with Gasteiger partial charge < -0.3 is 15.1 Å². The number of hydrogen-bond donors (Lipinski definition) is 1. The molecule has 21 heavy (non-hydrogen) atoms. The fourth-order valence-electron chi connectivity index (χ4n) is 1.79. The van der Waals surface area contributed by atoms with Gasteiger partial charge in [0, 0.05) is 32.2 Å². The van der Waals surface area contributed by atoms with E-state index in [9.17, 15) is 13.6 Å². The van der Waals surface area contributed by atoms with Crippen LogP contribution in [-0.4, -0.2) is 56.5 Å². The molecule has 0 saturated carbocycles. The van der Waals surface area contributed by atoms with Crippen molar-refractivity contribution in [1.82, 2.24) is 9.80 Å². The molecule has 0 aliphatic carbocycles. The van der Waals surface area contributed by atoms with Crippen molar-refractivity contribution < 1.29 is 13.6 Å². The van der Waals surface area contributed by atoms with Gasteiger partial charge in [-0.2, -0.15) is 0 Å². The third kappa shape index (κ3) is 4.97. The fourth-order valence-corrected chi connectivity index (χ4v) is 1.79. The summed E-state index contributed by atoms with van der Waals surface area (Å²) >= 11 is 0. The van der Waals surface area contributed by atoms with Crippen molar-refractivity contribution in [2.24, 2.45) is 0 Å². The first-order chi connectivity index (χ1) is 9.86. The van der Waals surface area contributed by atoms with Crippen molar-refractivity contribution in [3.63, 3.8) is 0 Å². The Morgan fingerprint density at radius 1 is 1.14 bits per heavy atom. The highest BCUT2D eigenvalue weighted by atomic mass is 19.1. The molecule has 1 aromatic rings. The van der Waals surface area contributed by atoms with Gasteiger partial charge in [0.05, 0.1) is 0 Å². The predicted molar refractivity (Wildman–Crippen MR) is 80.7 cm³/mol. The van der Waals surface area contributed by atoms with E-state index in [1.54, 1.807) is 7.05 Å². The van der Waals surface area contributed by atoms with E-state index in [2.05, 4.69) is 5.32 Å². The number of amides is 1. The van der Waals surface area contributed by atoms with Crippen LogP contribution in [0.2, 0.25) is 0 Å².